The average molecular weight is 212 g/mol. The predicted octanol–water partition coefficient (Wildman–Crippen LogP) is 2.19. The van der Waals surface area contributed by atoms with Crippen molar-refractivity contribution in [2.45, 2.75) is 13.3 Å². The average Bonchev–Trinajstić information content (AvgIpc) is 2.78. The molecule has 80 valence electrons. The Balaban J connectivity index is 2.39. The van der Waals surface area contributed by atoms with Gasteiger partial charge in [-0.1, -0.05) is 31.2 Å². The van der Waals surface area contributed by atoms with Gasteiger partial charge in [0.2, 0.25) is 0 Å². The largest absolute Gasteiger partial charge is 0.288 e. The Morgan fingerprint density at radius 2 is 1.94 bits per heavy atom. The van der Waals surface area contributed by atoms with Crippen LogP contribution in [0.1, 0.15) is 28.5 Å². The fourth-order valence-electron chi connectivity index (χ4n) is 2.40. The number of benzene rings is 1. The van der Waals surface area contributed by atoms with Gasteiger partial charge >= 0.3 is 0 Å². The van der Waals surface area contributed by atoms with Crippen LogP contribution in [0.2, 0.25) is 0 Å². The van der Waals surface area contributed by atoms with Gasteiger partial charge in [0.15, 0.2) is 5.78 Å². The lowest BCUT2D eigenvalue weighted by atomic mass is 10.1. The molecule has 1 aromatic heterocycles. The molecule has 0 N–H and O–H groups in total. The lowest BCUT2D eigenvalue weighted by Crippen LogP contribution is -1.99. The summed E-state index contributed by atoms with van der Waals surface area (Å²) in [5.41, 5.74) is 4.49. The Hall–Kier alpha value is -1.90. The van der Waals surface area contributed by atoms with E-state index in [1.165, 1.54) is 0 Å². The van der Waals surface area contributed by atoms with Crippen LogP contribution >= 0.6 is 0 Å². The van der Waals surface area contributed by atoms with Crippen LogP contribution in [0.3, 0.4) is 0 Å². The Morgan fingerprint density at radius 3 is 2.62 bits per heavy atom. The molecule has 16 heavy (non-hydrogen) atoms. The number of carbonyl (C=O) groups is 1. The van der Waals surface area contributed by atoms with Crippen molar-refractivity contribution < 1.29 is 4.79 Å². The van der Waals surface area contributed by atoms with E-state index < -0.39 is 0 Å². The Labute approximate surface area is 93.7 Å². The smallest absolute Gasteiger partial charge is 0.197 e. The van der Waals surface area contributed by atoms with Crippen LogP contribution in [0.15, 0.2) is 24.3 Å². The van der Waals surface area contributed by atoms with Gasteiger partial charge in [0.1, 0.15) is 0 Å². The molecule has 0 unspecified atom stereocenters. The molecule has 3 heteroatoms. The highest BCUT2D eigenvalue weighted by atomic mass is 16.1. The summed E-state index contributed by atoms with van der Waals surface area (Å²) in [5, 5.41) is 4.40. The molecule has 3 rings (SSSR count). The molecule has 0 amide bonds. The molecule has 3 nitrogen and oxygen atoms in total. The standard InChI is InChI=1S/C13H12N2O/c1-3-10-11-12(15(2)14-10)8-6-4-5-7-9(8)13(11)16/h4-7H,3H2,1-2H3. The van der Waals surface area contributed by atoms with E-state index >= 15 is 0 Å². The fourth-order valence-corrected chi connectivity index (χ4v) is 2.40. The minimum atomic E-state index is 0.121. The van der Waals surface area contributed by atoms with Crippen LogP contribution in [0.25, 0.3) is 11.3 Å². The van der Waals surface area contributed by atoms with Crippen LogP contribution in [0, 0.1) is 0 Å². The van der Waals surface area contributed by atoms with Gasteiger partial charge in [0.05, 0.1) is 17.0 Å². The number of aromatic nitrogens is 2. The minimum Gasteiger partial charge on any atom is -0.288 e. The van der Waals surface area contributed by atoms with Crippen molar-refractivity contribution in [1.29, 1.82) is 0 Å². The second kappa shape index (κ2) is 3.04. The maximum Gasteiger partial charge on any atom is 0.197 e. The highest BCUT2D eigenvalue weighted by Crippen LogP contribution is 2.37. The first-order valence-electron chi connectivity index (χ1n) is 5.44. The number of rotatable bonds is 1. The van der Waals surface area contributed by atoms with Gasteiger partial charge in [0, 0.05) is 18.2 Å². The van der Waals surface area contributed by atoms with Gasteiger partial charge in [-0.05, 0) is 6.42 Å². The van der Waals surface area contributed by atoms with E-state index in [2.05, 4.69) is 5.10 Å². The van der Waals surface area contributed by atoms with Crippen molar-refractivity contribution in [2.75, 3.05) is 0 Å². The lowest BCUT2D eigenvalue weighted by molar-refractivity contribution is 0.104. The monoisotopic (exact) mass is 212 g/mol. The third-order valence-corrected chi connectivity index (χ3v) is 3.11. The molecule has 0 saturated heterocycles. The van der Waals surface area contributed by atoms with Crippen LogP contribution in [0.5, 0.6) is 0 Å². The first kappa shape index (κ1) is 9.33. The summed E-state index contributed by atoms with van der Waals surface area (Å²) < 4.78 is 1.82. The molecular weight excluding hydrogens is 200 g/mol. The maximum absolute atomic E-state index is 12.2. The number of ketones is 1. The third-order valence-electron chi connectivity index (χ3n) is 3.11. The maximum atomic E-state index is 12.2. The van der Waals surface area contributed by atoms with Crippen molar-refractivity contribution in [3.05, 3.63) is 41.1 Å². The normalized spacial score (nSPS) is 12.8. The minimum absolute atomic E-state index is 0.121. The summed E-state index contributed by atoms with van der Waals surface area (Å²) in [4.78, 5) is 12.2. The zero-order valence-electron chi connectivity index (χ0n) is 9.32. The summed E-state index contributed by atoms with van der Waals surface area (Å²) in [6.07, 6.45) is 0.795. The quantitative estimate of drug-likeness (QED) is 0.619. The number of carbonyl (C=O) groups excluding carboxylic acids is 1. The molecule has 0 atom stereocenters. The van der Waals surface area contributed by atoms with Crippen molar-refractivity contribution in [3.63, 3.8) is 0 Å². The van der Waals surface area contributed by atoms with Crippen LogP contribution in [-0.2, 0) is 13.5 Å². The van der Waals surface area contributed by atoms with E-state index in [1.54, 1.807) is 0 Å². The Kier molecular flexibility index (Phi) is 1.78. The van der Waals surface area contributed by atoms with Crippen molar-refractivity contribution in [1.82, 2.24) is 9.78 Å². The van der Waals surface area contributed by atoms with Crippen LogP contribution in [0.4, 0.5) is 0 Å². The first-order chi connectivity index (χ1) is 7.74. The van der Waals surface area contributed by atoms with E-state index in [4.69, 9.17) is 0 Å². The highest BCUT2D eigenvalue weighted by molar-refractivity contribution is 6.21. The van der Waals surface area contributed by atoms with Gasteiger partial charge < -0.3 is 0 Å². The molecular formula is C13H12N2O. The van der Waals surface area contributed by atoms with E-state index in [-0.39, 0.29) is 5.78 Å². The second-order valence-corrected chi connectivity index (χ2v) is 4.02. The van der Waals surface area contributed by atoms with Crippen LogP contribution in [-0.4, -0.2) is 15.6 Å². The second-order valence-electron chi connectivity index (χ2n) is 4.02. The molecule has 2 aromatic rings. The summed E-state index contributed by atoms with van der Waals surface area (Å²) in [5.74, 6) is 0.121. The van der Waals surface area contributed by atoms with Crippen molar-refractivity contribution in [3.8, 4) is 11.3 Å². The Morgan fingerprint density at radius 1 is 1.25 bits per heavy atom. The van der Waals surface area contributed by atoms with Gasteiger partial charge in [-0.2, -0.15) is 5.10 Å². The number of hydrogen-bond acceptors (Lipinski definition) is 2. The molecule has 0 radical (unpaired) electrons. The Bertz CT molecular complexity index is 596. The molecule has 0 saturated carbocycles. The van der Waals surface area contributed by atoms with Crippen LogP contribution < -0.4 is 0 Å². The number of hydrogen-bond donors (Lipinski definition) is 0. The number of fused-ring (bicyclic) bond motifs is 3. The van der Waals surface area contributed by atoms with E-state index in [0.717, 1.165) is 34.5 Å². The first-order valence-corrected chi connectivity index (χ1v) is 5.44. The SMILES string of the molecule is CCc1nn(C)c2c1C(=O)c1ccccc1-2. The van der Waals surface area contributed by atoms with Gasteiger partial charge in [-0.3, -0.25) is 9.48 Å². The molecule has 0 bridgehead atoms. The summed E-state index contributed by atoms with van der Waals surface area (Å²) in [7, 11) is 1.90. The topological polar surface area (TPSA) is 34.9 Å². The van der Waals surface area contributed by atoms with Crippen molar-refractivity contribution >= 4 is 5.78 Å². The molecule has 1 aromatic carbocycles. The number of aryl methyl sites for hydroxylation is 2. The predicted molar refractivity (Wildman–Crippen MR) is 61.5 cm³/mol. The molecule has 0 fully saturated rings. The third kappa shape index (κ3) is 0.975. The molecule has 0 aliphatic heterocycles. The summed E-state index contributed by atoms with van der Waals surface area (Å²) >= 11 is 0. The summed E-state index contributed by atoms with van der Waals surface area (Å²) in [6, 6.07) is 7.73. The highest BCUT2D eigenvalue weighted by Gasteiger charge is 2.32. The molecule has 1 heterocycles. The van der Waals surface area contributed by atoms with Crippen molar-refractivity contribution in [2.24, 2.45) is 7.05 Å². The fraction of sp³-hybridized carbons (Fsp3) is 0.231. The van der Waals surface area contributed by atoms with E-state index in [9.17, 15) is 4.79 Å². The number of nitrogens with zero attached hydrogens (tertiary/aromatic N) is 2. The van der Waals surface area contributed by atoms with Gasteiger partial charge in [-0.15, -0.1) is 0 Å². The van der Waals surface area contributed by atoms with E-state index in [0.29, 0.717) is 0 Å². The zero-order chi connectivity index (χ0) is 11.3. The van der Waals surface area contributed by atoms with E-state index in [1.807, 2.05) is 42.9 Å². The molecule has 1 aliphatic rings. The molecule has 0 spiro atoms. The van der Waals surface area contributed by atoms with Gasteiger partial charge in [0.25, 0.3) is 0 Å². The van der Waals surface area contributed by atoms with Gasteiger partial charge in [-0.25, -0.2) is 0 Å². The summed E-state index contributed by atoms with van der Waals surface area (Å²) in [6.45, 7) is 2.03. The zero-order valence-corrected chi connectivity index (χ0v) is 9.32. The lowest BCUT2D eigenvalue weighted by Gasteiger charge is -1.99. The molecule has 1 aliphatic carbocycles.